The van der Waals surface area contributed by atoms with Crippen LogP contribution in [-0.2, 0) is 11.3 Å². The second kappa shape index (κ2) is 7.89. The van der Waals surface area contributed by atoms with Gasteiger partial charge in [0.2, 0.25) is 0 Å². The number of nitrogens with two attached hydrogens (primary N) is 1. The van der Waals surface area contributed by atoms with Crippen LogP contribution in [-0.4, -0.2) is 49.3 Å². The second-order valence-corrected chi connectivity index (χ2v) is 4.55. The molecule has 19 heavy (non-hydrogen) atoms. The lowest BCUT2D eigenvalue weighted by molar-refractivity contribution is 0.126. The molecule has 5 heteroatoms. The minimum atomic E-state index is 0.0845. The van der Waals surface area contributed by atoms with E-state index in [2.05, 4.69) is 4.90 Å². The van der Waals surface area contributed by atoms with Crippen LogP contribution < -0.4 is 5.73 Å². The van der Waals surface area contributed by atoms with Crippen LogP contribution in [0.5, 0.6) is 0 Å². The Kier molecular flexibility index (Phi) is 6.49. The number of ether oxygens (including phenoxy) is 1. The third-order valence-electron chi connectivity index (χ3n) is 3.08. The zero-order valence-corrected chi connectivity index (χ0v) is 11.6. The number of aryl methyl sites for hydroxylation is 1. The van der Waals surface area contributed by atoms with E-state index in [0.717, 1.165) is 24.2 Å². The summed E-state index contributed by atoms with van der Waals surface area (Å²) in [6, 6.07) is 5.77. The van der Waals surface area contributed by atoms with E-state index in [1.54, 1.807) is 7.11 Å². The highest BCUT2D eigenvalue weighted by Gasteiger charge is 2.08. The molecule has 0 aliphatic rings. The zero-order valence-electron chi connectivity index (χ0n) is 11.6. The number of hydrogen-bond donors (Lipinski definition) is 3. The second-order valence-electron chi connectivity index (χ2n) is 4.55. The van der Waals surface area contributed by atoms with Gasteiger partial charge in [0.1, 0.15) is 5.84 Å². The summed E-state index contributed by atoms with van der Waals surface area (Å²) >= 11 is 0. The Hall–Kier alpha value is -1.43. The predicted molar refractivity (Wildman–Crippen MR) is 76.4 cm³/mol. The maximum Gasteiger partial charge on any atom is 0.122 e. The SMILES string of the molecule is COCCN(CCO)Cc1ccc(C(=N)N)cc1C. The highest BCUT2D eigenvalue weighted by molar-refractivity contribution is 5.95. The summed E-state index contributed by atoms with van der Waals surface area (Å²) in [4.78, 5) is 2.14. The Labute approximate surface area is 114 Å². The molecule has 0 atom stereocenters. The Morgan fingerprint density at radius 2 is 2.16 bits per heavy atom. The number of aliphatic hydroxyl groups excluding tert-OH is 1. The fraction of sp³-hybridized carbons (Fsp3) is 0.500. The van der Waals surface area contributed by atoms with Gasteiger partial charge in [-0.15, -0.1) is 0 Å². The van der Waals surface area contributed by atoms with Gasteiger partial charge in [-0.1, -0.05) is 12.1 Å². The van der Waals surface area contributed by atoms with Gasteiger partial charge in [-0.25, -0.2) is 0 Å². The van der Waals surface area contributed by atoms with E-state index in [0.29, 0.717) is 13.2 Å². The maximum atomic E-state index is 9.07. The molecule has 0 fully saturated rings. The molecule has 5 nitrogen and oxygen atoms in total. The van der Waals surface area contributed by atoms with Crippen molar-refractivity contribution < 1.29 is 9.84 Å². The molecule has 0 aliphatic carbocycles. The van der Waals surface area contributed by atoms with Crippen LogP contribution in [0.15, 0.2) is 18.2 Å². The highest BCUT2D eigenvalue weighted by atomic mass is 16.5. The fourth-order valence-electron chi connectivity index (χ4n) is 1.91. The van der Waals surface area contributed by atoms with Crippen molar-refractivity contribution in [1.82, 2.24) is 4.90 Å². The quantitative estimate of drug-likeness (QED) is 0.478. The van der Waals surface area contributed by atoms with E-state index in [-0.39, 0.29) is 12.4 Å². The van der Waals surface area contributed by atoms with E-state index < -0.39 is 0 Å². The molecular weight excluding hydrogens is 242 g/mol. The minimum absolute atomic E-state index is 0.0845. The summed E-state index contributed by atoms with van der Waals surface area (Å²) in [5.74, 6) is 0.0845. The molecule has 0 saturated heterocycles. The topological polar surface area (TPSA) is 82.6 Å². The molecule has 1 aromatic carbocycles. The molecular formula is C14H23N3O2. The van der Waals surface area contributed by atoms with Crippen LogP contribution in [0.25, 0.3) is 0 Å². The van der Waals surface area contributed by atoms with E-state index >= 15 is 0 Å². The molecule has 0 amide bonds. The van der Waals surface area contributed by atoms with E-state index in [4.69, 9.17) is 21.0 Å². The highest BCUT2D eigenvalue weighted by Crippen LogP contribution is 2.13. The van der Waals surface area contributed by atoms with Gasteiger partial charge in [0.15, 0.2) is 0 Å². The average molecular weight is 265 g/mol. The molecule has 0 radical (unpaired) electrons. The predicted octanol–water partition coefficient (Wildman–Crippen LogP) is 0.720. The lowest BCUT2D eigenvalue weighted by Gasteiger charge is -2.22. The number of amidine groups is 1. The van der Waals surface area contributed by atoms with Crippen molar-refractivity contribution >= 4 is 5.84 Å². The molecule has 0 aliphatic heterocycles. The summed E-state index contributed by atoms with van der Waals surface area (Å²) in [5, 5.41) is 16.5. The van der Waals surface area contributed by atoms with E-state index in [1.165, 1.54) is 5.56 Å². The van der Waals surface area contributed by atoms with Gasteiger partial charge in [0.05, 0.1) is 13.2 Å². The van der Waals surface area contributed by atoms with Crippen molar-refractivity contribution in [2.24, 2.45) is 5.73 Å². The van der Waals surface area contributed by atoms with Crippen LogP contribution >= 0.6 is 0 Å². The summed E-state index contributed by atoms with van der Waals surface area (Å²) in [6.45, 7) is 4.95. The molecule has 0 bridgehead atoms. The molecule has 0 spiro atoms. The van der Waals surface area contributed by atoms with Gasteiger partial charge in [-0.3, -0.25) is 10.3 Å². The smallest absolute Gasteiger partial charge is 0.122 e. The number of aliphatic hydroxyl groups is 1. The Balaban J connectivity index is 2.75. The number of rotatable bonds is 8. The van der Waals surface area contributed by atoms with Gasteiger partial charge < -0.3 is 15.6 Å². The van der Waals surface area contributed by atoms with Crippen LogP contribution in [0.2, 0.25) is 0 Å². The Morgan fingerprint density at radius 3 is 2.68 bits per heavy atom. The van der Waals surface area contributed by atoms with Gasteiger partial charge in [-0.05, 0) is 24.1 Å². The van der Waals surface area contributed by atoms with Gasteiger partial charge in [0.25, 0.3) is 0 Å². The third-order valence-corrected chi connectivity index (χ3v) is 3.08. The largest absolute Gasteiger partial charge is 0.395 e. The molecule has 0 unspecified atom stereocenters. The van der Waals surface area contributed by atoms with Crippen molar-refractivity contribution in [2.45, 2.75) is 13.5 Å². The normalized spacial score (nSPS) is 10.9. The molecule has 1 rings (SSSR count). The maximum absolute atomic E-state index is 9.07. The van der Waals surface area contributed by atoms with Crippen LogP contribution in [0, 0.1) is 12.3 Å². The molecule has 106 valence electrons. The fourth-order valence-corrected chi connectivity index (χ4v) is 1.91. The van der Waals surface area contributed by atoms with Gasteiger partial charge in [-0.2, -0.15) is 0 Å². The van der Waals surface area contributed by atoms with Gasteiger partial charge >= 0.3 is 0 Å². The number of nitrogens with one attached hydrogen (secondary N) is 1. The first-order valence-electron chi connectivity index (χ1n) is 6.34. The van der Waals surface area contributed by atoms with Gasteiger partial charge in [0, 0.05) is 32.3 Å². The lowest BCUT2D eigenvalue weighted by Crippen LogP contribution is -2.30. The summed E-state index contributed by atoms with van der Waals surface area (Å²) in [6.07, 6.45) is 0. The van der Waals surface area contributed by atoms with E-state index in [1.807, 2.05) is 25.1 Å². The summed E-state index contributed by atoms with van der Waals surface area (Å²) < 4.78 is 5.07. The molecule has 4 N–H and O–H groups in total. The van der Waals surface area contributed by atoms with Crippen molar-refractivity contribution in [3.05, 3.63) is 34.9 Å². The summed E-state index contributed by atoms with van der Waals surface area (Å²) in [7, 11) is 1.67. The number of hydrogen-bond acceptors (Lipinski definition) is 4. The minimum Gasteiger partial charge on any atom is -0.395 e. The Morgan fingerprint density at radius 1 is 1.42 bits per heavy atom. The number of benzene rings is 1. The third kappa shape index (κ3) is 4.98. The number of nitrogens with zero attached hydrogens (tertiary/aromatic N) is 1. The standard InChI is InChI=1S/C14H23N3O2/c1-11-9-12(14(15)16)3-4-13(11)10-17(5-7-18)6-8-19-2/h3-4,9,18H,5-8,10H2,1-2H3,(H3,15,16). The van der Waals surface area contributed by atoms with Crippen molar-refractivity contribution in [3.8, 4) is 0 Å². The first-order valence-corrected chi connectivity index (χ1v) is 6.34. The van der Waals surface area contributed by atoms with Crippen LogP contribution in [0.4, 0.5) is 0 Å². The molecule has 0 saturated carbocycles. The monoisotopic (exact) mass is 265 g/mol. The molecule has 0 aromatic heterocycles. The van der Waals surface area contributed by atoms with Crippen LogP contribution in [0.1, 0.15) is 16.7 Å². The van der Waals surface area contributed by atoms with Crippen molar-refractivity contribution in [3.63, 3.8) is 0 Å². The van der Waals surface area contributed by atoms with Crippen LogP contribution in [0.3, 0.4) is 0 Å². The molecule has 0 heterocycles. The number of nitrogen functional groups attached to an aromatic ring is 1. The van der Waals surface area contributed by atoms with Crippen molar-refractivity contribution in [1.29, 1.82) is 5.41 Å². The first-order chi connectivity index (χ1) is 9.08. The lowest BCUT2D eigenvalue weighted by atomic mass is 10.0. The number of methoxy groups -OCH3 is 1. The van der Waals surface area contributed by atoms with E-state index in [9.17, 15) is 0 Å². The zero-order chi connectivity index (χ0) is 14.3. The van der Waals surface area contributed by atoms with Crippen molar-refractivity contribution in [2.75, 3.05) is 33.4 Å². The average Bonchev–Trinajstić information content (AvgIpc) is 2.38. The molecule has 1 aromatic rings. The Bertz CT molecular complexity index is 421. The summed E-state index contributed by atoms with van der Waals surface area (Å²) in [5.41, 5.74) is 8.49. The first kappa shape index (κ1) is 15.6.